The van der Waals surface area contributed by atoms with E-state index in [1.807, 2.05) is 55.5 Å². The third kappa shape index (κ3) is 2.97. The molecule has 0 aliphatic rings. The Morgan fingerprint density at radius 1 is 1.31 bits per heavy atom. The molecule has 0 N–H and O–H groups in total. The molecule has 6 heteroatoms. The maximum atomic E-state index is 12.8. The summed E-state index contributed by atoms with van der Waals surface area (Å²) in [6, 6.07) is 13.2. The Morgan fingerprint density at radius 2 is 2.12 bits per heavy atom. The standard InChI is InChI=1S/C20H17ClN2O2S/c1-3-12(2)25-17-9-8-13(10-14(17)21)11-18-19(24)23-16-7-5-4-6-15(16)22-20(23)26-18/h4-12H,3H2,1-2H3/b18-11-/t12-/m1/s1. The van der Waals surface area contributed by atoms with Crippen LogP contribution in [0.3, 0.4) is 0 Å². The van der Waals surface area contributed by atoms with Gasteiger partial charge in [0.15, 0.2) is 4.96 Å². The van der Waals surface area contributed by atoms with E-state index < -0.39 is 0 Å². The maximum absolute atomic E-state index is 12.8. The van der Waals surface area contributed by atoms with E-state index in [1.165, 1.54) is 11.3 Å². The van der Waals surface area contributed by atoms with Gasteiger partial charge in [-0.1, -0.05) is 48.1 Å². The van der Waals surface area contributed by atoms with Gasteiger partial charge in [-0.2, -0.15) is 0 Å². The van der Waals surface area contributed by atoms with Crippen molar-refractivity contribution in [2.24, 2.45) is 0 Å². The molecule has 26 heavy (non-hydrogen) atoms. The first-order valence-electron chi connectivity index (χ1n) is 8.44. The zero-order valence-corrected chi connectivity index (χ0v) is 16.0. The monoisotopic (exact) mass is 384 g/mol. The van der Waals surface area contributed by atoms with Crippen molar-refractivity contribution in [2.45, 2.75) is 26.4 Å². The fourth-order valence-electron chi connectivity index (χ4n) is 2.77. The summed E-state index contributed by atoms with van der Waals surface area (Å²) >= 11 is 7.71. The molecule has 0 saturated carbocycles. The summed E-state index contributed by atoms with van der Waals surface area (Å²) in [7, 11) is 0. The summed E-state index contributed by atoms with van der Waals surface area (Å²) in [4.78, 5) is 18.0. The van der Waals surface area contributed by atoms with Gasteiger partial charge < -0.3 is 4.74 Å². The third-order valence-corrected chi connectivity index (χ3v) is 5.57. The highest BCUT2D eigenvalue weighted by Crippen LogP contribution is 2.27. The van der Waals surface area contributed by atoms with E-state index in [0.717, 1.165) is 23.0 Å². The second kappa shape index (κ2) is 6.74. The lowest BCUT2D eigenvalue weighted by atomic mass is 10.2. The van der Waals surface area contributed by atoms with Crippen molar-refractivity contribution in [1.82, 2.24) is 9.38 Å². The Hall–Kier alpha value is -2.37. The van der Waals surface area contributed by atoms with Crippen LogP contribution < -0.4 is 14.8 Å². The number of hydrogen-bond donors (Lipinski definition) is 0. The molecule has 2 aromatic carbocycles. The number of thiazole rings is 1. The first-order chi connectivity index (χ1) is 12.6. The van der Waals surface area contributed by atoms with Crippen LogP contribution in [0.5, 0.6) is 5.75 Å². The number of aromatic nitrogens is 2. The van der Waals surface area contributed by atoms with E-state index in [-0.39, 0.29) is 11.7 Å². The lowest BCUT2D eigenvalue weighted by Crippen LogP contribution is -2.22. The Morgan fingerprint density at radius 3 is 2.88 bits per heavy atom. The molecule has 1 atom stereocenters. The molecule has 0 saturated heterocycles. The molecule has 0 bridgehead atoms. The van der Waals surface area contributed by atoms with Gasteiger partial charge in [-0.25, -0.2) is 9.38 Å². The summed E-state index contributed by atoms with van der Waals surface area (Å²) in [6.07, 6.45) is 2.86. The molecule has 132 valence electrons. The van der Waals surface area contributed by atoms with Crippen LogP contribution in [-0.4, -0.2) is 15.5 Å². The second-order valence-corrected chi connectivity index (χ2v) is 7.58. The third-order valence-electron chi connectivity index (χ3n) is 4.30. The Labute approximate surface area is 159 Å². The predicted octanol–water partition coefficient (Wildman–Crippen LogP) is 4.29. The van der Waals surface area contributed by atoms with Crippen LogP contribution in [0.15, 0.2) is 47.3 Å². The average molecular weight is 385 g/mol. The van der Waals surface area contributed by atoms with Gasteiger partial charge in [-0.15, -0.1) is 0 Å². The van der Waals surface area contributed by atoms with Crippen molar-refractivity contribution in [3.05, 3.63) is 67.9 Å². The minimum atomic E-state index is -0.0604. The number of ether oxygens (including phenoxy) is 1. The Balaban J connectivity index is 1.78. The second-order valence-electron chi connectivity index (χ2n) is 6.16. The SMILES string of the molecule is CC[C@@H](C)Oc1ccc(/C=c2\sc3nc4ccccc4n3c2=O)cc1Cl. The van der Waals surface area contributed by atoms with Gasteiger partial charge in [0, 0.05) is 0 Å². The molecule has 4 nitrogen and oxygen atoms in total. The van der Waals surface area contributed by atoms with E-state index in [0.29, 0.717) is 20.3 Å². The fraction of sp³-hybridized carbons (Fsp3) is 0.200. The number of fused-ring (bicyclic) bond motifs is 3. The van der Waals surface area contributed by atoms with E-state index in [4.69, 9.17) is 16.3 Å². The Bertz CT molecular complexity index is 1210. The van der Waals surface area contributed by atoms with Crippen LogP contribution in [-0.2, 0) is 0 Å². The average Bonchev–Trinajstić information content (AvgIpc) is 3.14. The molecule has 2 heterocycles. The Kier molecular flexibility index (Phi) is 4.42. The zero-order chi connectivity index (χ0) is 18.3. The van der Waals surface area contributed by atoms with Gasteiger partial charge in [0.2, 0.25) is 0 Å². The number of rotatable bonds is 4. The minimum Gasteiger partial charge on any atom is -0.489 e. The predicted molar refractivity (Wildman–Crippen MR) is 107 cm³/mol. The first-order valence-corrected chi connectivity index (χ1v) is 9.64. The summed E-state index contributed by atoms with van der Waals surface area (Å²) in [5.74, 6) is 0.660. The largest absolute Gasteiger partial charge is 0.489 e. The lowest BCUT2D eigenvalue weighted by molar-refractivity contribution is 0.217. The smallest absolute Gasteiger partial charge is 0.274 e. The molecule has 0 aliphatic heterocycles. The van der Waals surface area contributed by atoms with Gasteiger partial charge in [0.1, 0.15) is 5.75 Å². The number of imidazole rings is 1. The summed E-state index contributed by atoms with van der Waals surface area (Å²) in [5.41, 5.74) is 2.46. The van der Waals surface area contributed by atoms with Crippen LogP contribution in [0.2, 0.25) is 5.02 Å². The van der Waals surface area contributed by atoms with Crippen molar-refractivity contribution in [2.75, 3.05) is 0 Å². The number of nitrogens with zero attached hydrogens (tertiary/aromatic N) is 2. The van der Waals surface area contributed by atoms with E-state index in [2.05, 4.69) is 11.9 Å². The van der Waals surface area contributed by atoms with Crippen LogP contribution in [0.25, 0.3) is 22.1 Å². The van der Waals surface area contributed by atoms with Crippen LogP contribution >= 0.6 is 22.9 Å². The van der Waals surface area contributed by atoms with Crippen molar-refractivity contribution in [1.29, 1.82) is 0 Å². The first kappa shape index (κ1) is 17.1. The molecule has 0 unspecified atom stereocenters. The van der Waals surface area contributed by atoms with E-state index in [9.17, 15) is 4.79 Å². The molecule has 0 radical (unpaired) electrons. The molecular weight excluding hydrogens is 368 g/mol. The molecule has 4 rings (SSSR count). The summed E-state index contributed by atoms with van der Waals surface area (Å²) < 4.78 is 8.08. The van der Waals surface area contributed by atoms with E-state index >= 15 is 0 Å². The van der Waals surface area contributed by atoms with Gasteiger partial charge in [0.25, 0.3) is 5.56 Å². The molecule has 0 aliphatic carbocycles. The molecule has 0 spiro atoms. The van der Waals surface area contributed by atoms with Crippen LogP contribution in [0.1, 0.15) is 25.8 Å². The molecule has 2 aromatic heterocycles. The summed E-state index contributed by atoms with van der Waals surface area (Å²) in [5, 5.41) is 0.540. The highest BCUT2D eigenvalue weighted by Gasteiger charge is 2.11. The highest BCUT2D eigenvalue weighted by atomic mass is 35.5. The van der Waals surface area contributed by atoms with Crippen molar-refractivity contribution < 1.29 is 4.74 Å². The zero-order valence-electron chi connectivity index (χ0n) is 14.4. The van der Waals surface area contributed by atoms with E-state index in [1.54, 1.807) is 4.40 Å². The van der Waals surface area contributed by atoms with Crippen molar-refractivity contribution in [3.8, 4) is 5.75 Å². The topological polar surface area (TPSA) is 43.6 Å². The lowest BCUT2D eigenvalue weighted by Gasteiger charge is -2.13. The maximum Gasteiger partial charge on any atom is 0.274 e. The van der Waals surface area contributed by atoms with Gasteiger partial charge in [-0.05, 0) is 49.2 Å². The molecule has 0 amide bonds. The van der Waals surface area contributed by atoms with Crippen LogP contribution in [0.4, 0.5) is 0 Å². The quantitative estimate of drug-likeness (QED) is 0.527. The normalized spacial score (nSPS) is 13.6. The molecule has 4 aromatic rings. The van der Waals surface area contributed by atoms with Crippen LogP contribution in [0, 0.1) is 0 Å². The van der Waals surface area contributed by atoms with Crippen molar-refractivity contribution in [3.63, 3.8) is 0 Å². The van der Waals surface area contributed by atoms with Crippen molar-refractivity contribution >= 4 is 45.0 Å². The van der Waals surface area contributed by atoms with Gasteiger partial charge >= 0.3 is 0 Å². The van der Waals surface area contributed by atoms with Gasteiger partial charge in [0.05, 0.1) is 26.7 Å². The number of para-hydroxylation sites is 2. The molecular formula is C20H17ClN2O2S. The molecule has 0 fully saturated rings. The highest BCUT2D eigenvalue weighted by molar-refractivity contribution is 7.15. The number of benzene rings is 2. The number of halogens is 1. The summed E-state index contributed by atoms with van der Waals surface area (Å²) in [6.45, 7) is 4.07. The fourth-order valence-corrected chi connectivity index (χ4v) is 3.99. The number of hydrogen-bond acceptors (Lipinski definition) is 4. The van der Waals surface area contributed by atoms with Gasteiger partial charge in [-0.3, -0.25) is 4.79 Å². The minimum absolute atomic E-state index is 0.0604.